The Morgan fingerprint density at radius 1 is 1.25 bits per heavy atom. The molecule has 0 spiro atoms. The lowest BCUT2D eigenvalue weighted by atomic mass is 10.1. The van der Waals surface area contributed by atoms with Crippen LogP contribution in [-0.2, 0) is 11.3 Å². The van der Waals surface area contributed by atoms with Crippen LogP contribution in [0.1, 0.15) is 5.56 Å². The number of nitrogens with two attached hydrogens (primary N) is 1. The van der Waals surface area contributed by atoms with Crippen LogP contribution in [0.5, 0.6) is 11.5 Å². The van der Waals surface area contributed by atoms with Gasteiger partial charge in [0.1, 0.15) is 23.2 Å². The van der Waals surface area contributed by atoms with Gasteiger partial charge in [-0.2, -0.15) is 0 Å². The average molecular weight is 349 g/mol. The number of rotatable bonds is 3. The summed E-state index contributed by atoms with van der Waals surface area (Å²) in [6, 6.07) is 6.01. The number of carbonyl (C=O) groups excluding carboxylic acids is 1. The van der Waals surface area contributed by atoms with Crippen molar-refractivity contribution in [1.82, 2.24) is 4.98 Å². The SMILES string of the molecule is Nc1cc2c(cn1)N(Cc1cc(O)ccc1O)CCN2C(=O)CCl. The molecule has 0 saturated heterocycles. The first-order valence-electron chi connectivity index (χ1n) is 7.37. The van der Waals surface area contributed by atoms with Crippen molar-refractivity contribution in [2.75, 3.05) is 34.5 Å². The van der Waals surface area contributed by atoms with Crippen molar-refractivity contribution < 1.29 is 15.0 Å². The van der Waals surface area contributed by atoms with Gasteiger partial charge < -0.3 is 25.7 Å². The number of hydrogen-bond acceptors (Lipinski definition) is 6. The van der Waals surface area contributed by atoms with Gasteiger partial charge in [-0.3, -0.25) is 4.79 Å². The quantitative estimate of drug-likeness (QED) is 0.576. The monoisotopic (exact) mass is 348 g/mol. The molecule has 2 heterocycles. The number of anilines is 3. The second-order valence-electron chi connectivity index (χ2n) is 5.51. The lowest BCUT2D eigenvalue weighted by Crippen LogP contribution is -2.44. The number of halogens is 1. The maximum atomic E-state index is 12.0. The third-order valence-electron chi connectivity index (χ3n) is 3.95. The molecule has 1 aromatic heterocycles. The fraction of sp³-hybridized carbons (Fsp3) is 0.250. The first-order valence-corrected chi connectivity index (χ1v) is 7.90. The second-order valence-corrected chi connectivity index (χ2v) is 5.78. The van der Waals surface area contributed by atoms with Crippen LogP contribution in [0, 0.1) is 0 Å². The molecule has 7 nitrogen and oxygen atoms in total. The predicted octanol–water partition coefficient (Wildman–Crippen LogP) is 1.67. The number of pyridine rings is 1. The Morgan fingerprint density at radius 3 is 2.79 bits per heavy atom. The molecule has 1 amide bonds. The Kier molecular flexibility index (Phi) is 4.35. The molecule has 0 aliphatic carbocycles. The third-order valence-corrected chi connectivity index (χ3v) is 4.18. The van der Waals surface area contributed by atoms with E-state index < -0.39 is 0 Å². The van der Waals surface area contributed by atoms with E-state index in [0.29, 0.717) is 36.7 Å². The Balaban J connectivity index is 1.96. The highest BCUT2D eigenvalue weighted by molar-refractivity contribution is 6.29. The van der Waals surface area contributed by atoms with Gasteiger partial charge in [-0.25, -0.2) is 4.98 Å². The minimum Gasteiger partial charge on any atom is -0.508 e. The summed E-state index contributed by atoms with van der Waals surface area (Å²) < 4.78 is 0. The summed E-state index contributed by atoms with van der Waals surface area (Å²) in [4.78, 5) is 19.7. The highest BCUT2D eigenvalue weighted by Gasteiger charge is 2.27. The van der Waals surface area contributed by atoms with E-state index in [4.69, 9.17) is 17.3 Å². The summed E-state index contributed by atoms with van der Waals surface area (Å²) in [5, 5.41) is 19.6. The van der Waals surface area contributed by atoms with E-state index in [0.717, 1.165) is 5.69 Å². The lowest BCUT2D eigenvalue weighted by molar-refractivity contribution is -0.116. The van der Waals surface area contributed by atoms with Crippen LogP contribution in [-0.4, -0.2) is 40.1 Å². The average Bonchev–Trinajstić information content (AvgIpc) is 2.57. The van der Waals surface area contributed by atoms with Crippen molar-refractivity contribution in [2.45, 2.75) is 6.54 Å². The zero-order valence-electron chi connectivity index (χ0n) is 12.8. The molecule has 24 heavy (non-hydrogen) atoms. The molecule has 0 saturated carbocycles. The lowest BCUT2D eigenvalue weighted by Gasteiger charge is -2.37. The van der Waals surface area contributed by atoms with Crippen molar-refractivity contribution >= 4 is 34.7 Å². The van der Waals surface area contributed by atoms with Crippen molar-refractivity contribution in [2.24, 2.45) is 0 Å². The molecule has 3 rings (SSSR count). The van der Waals surface area contributed by atoms with Gasteiger partial charge in [0, 0.05) is 31.3 Å². The van der Waals surface area contributed by atoms with Crippen molar-refractivity contribution in [1.29, 1.82) is 0 Å². The van der Waals surface area contributed by atoms with Gasteiger partial charge in [-0.1, -0.05) is 0 Å². The molecule has 0 fully saturated rings. The van der Waals surface area contributed by atoms with Gasteiger partial charge in [0.15, 0.2) is 0 Å². The van der Waals surface area contributed by atoms with E-state index in [1.807, 2.05) is 4.90 Å². The number of hydrogen-bond donors (Lipinski definition) is 3. The van der Waals surface area contributed by atoms with E-state index in [2.05, 4.69) is 4.98 Å². The number of phenolic OH excluding ortho intramolecular Hbond substituents is 2. The molecular formula is C16H17ClN4O3. The maximum absolute atomic E-state index is 12.0. The standard InChI is InChI=1S/C16H17ClN4O3/c17-7-16(24)21-4-3-20(13-8-19-15(18)6-12(13)21)9-10-5-11(22)1-2-14(10)23/h1-2,5-6,8,22-23H,3-4,7,9H2,(H2,18,19). The largest absolute Gasteiger partial charge is 0.508 e. The van der Waals surface area contributed by atoms with E-state index in [9.17, 15) is 15.0 Å². The van der Waals surface area contributed by atoms with Crippen LogP contribution < -0.4 is 15.5 Å². The molecule has 1 aliphatic rings. The van der Waals surface area contributed by atoms with E-state index in [1.54, 1.807) is 17.2 Å². The summed E-state index contributed by atoms with van der Waals surface area (Å²) in [7, 11) is 0. The fourth-order valence-electron chi connectivity index (χ4n) is 2.77. The number of carbonyl (C=O) groups is 1. The first-order chi connectivity index (χ1) is 11.5. The molecule has 0 unspecified atom stereocenters. The number of phenols is 2. The van der Waals surface area contributed by atoms with Gasteiger partial charge in [0.05, 0.1) is 17.6 Å². The van der Waals surface area contributed by atoms with Crippen LogP contribution in [0.4, 0.5) is 17.2 Å². The number of aromatic hydroxyl groups is 2. The zero-order chi connectivity index (χ0) is 17.3. The molecule has 4 N–H and O–H groups in total. The molecule has 0 atom stereocenters. The maximum Gasteiger partial charge on any atom is 0.242 e. The molecule has 126 valence electrons. The van der Waals surface area contributed by atoms with Gasteiger partial charge in [-0.05, 0) is 18.2 Å². The highest BCUT2D eigenvalue weighted by atomic mass is 35.5. The minimum atomic E-state index is -0.205. The molecule has 8 heteroatoms. The number of amides is 1. The van der Waals surface area contributed by atoms with Gasteiger partial charge in [0.2, 0.25) is 5.91 Å². The van der Waals surface area contributed by atoms with Crippen LogP contribution in [0.2, 0.25) is 0 Å². The highest BCUT2D eigenvalue weighted by Crippen LogP contribution is 2.36. The van der Waals surface area contributed by atoms with Crippen molar-refractivity contribution in [3.05, 3.63) is 36.0 Å². The smallest absolute Gasteiger partial charge is 0.242 e. The molecule has 0 bridgehead atoms. The van der Waals surface area contributed by atoms with Crippen LogP contribution >= 0.6 is 11.6 Å². The molecule has 1 aromatic carbocycles. The van der Waals surface area contributed by atoms with Crippen LogP contribution in [0.25, 0.3) is 0 Å². The van der Waals surface area contributed by atoms with E-state index >= 15 is 0 Å². The summed E-state index contributed by atoms with van der Waals surface area (Å²) >= 11 is 5.68. The fourth-order valence-corrected chi connectivity index (χ4v) is 2.92. The Hall–Kier alpha value is -2.67. The number of aromatic nitrogens is 1. The predicted molar refractivity (Wildman–Crippen MR) is 92.5 cm³/mol. The summed E-state index contributed by atoms with van der Waals surface area (Å²) in [6.07, 6.45) is 1.60. The van der Waals surface area contributed by atoms with Gasteiger partial charge in [-0.15, -0.1) is 11.6 Å². The molecular weight excluding hydrogens is 332 g/mol. The number of nitrogens with zero attached hydrogens (tertiary/aromatic N) is 3. The number of alkyl halides is 1. The summed E-state index contributed by atoms with van der Waals surface area (Å²) in [5.41, 5.74) is 7.69. The topological polar surface area (TPSA) is 103 Å². The number of nitrogen functional groups attached to an aromatic ring is 1. The molecule has 1 aliphatic heterocycles. The van der Waals surface area contributed by atoms with Crippen LogP contribution in [0.3, 0.4) is 0 Å². The van der Waals surface area contributed by atoms with E-state index in [1.165, 1.54) is 18.2 Å². The first kappa shape index (κ1) is 16.2. The normalized spacial score (nSPS) is 13.7. The molecule has 2 aromatic rings. The third kappa shape index (κ3) is 3.03. The van der Waals surface area contributed by atoms with Crippen LogP contribution in [0.15, 0.2) is 30.5 Å². The Bertz CT molecular complexity index is 784. The zero-order valence-corrected chi connectivity index (χ0v) is 13.6. The Labute approximate surface area is 143 Å². The minimum absolute atomic E-state index is 0.0782. The number of benzene rings is 1. The van der Waals surface area contributed by atoms with Crippen molar-refractivity contribution in [3.8, 4) is 11.5 Å². The Morgan fingerprint density at radius 2 is 2.04 bits per heavy atom. The van der Waals surface area contributed by atoms with Gasteiger partial charge in [0.25, 0.3) is 0 Å². The number of fused-ring (bicyclic) bond motifs is 1. The van der Waals surface area contributed by atoms with Gasteiger partial charge >= 0.3 is 0 Å². The summed E-state index contributed by atoms with van der Waals surface area (Å²) in [5.74, 6) is 0.160. The molecule has 0 radical (unpaired) electrons. The van der Waals surface area contributed by atoms with Crippen molar-refractivity contribution in [3.63, 3.8) is 0 Å². The summed E-state index contributed by atoms with van der Waals surface area (Å²) in [6.45, 7) is 1.35. The van der Waals surface area contributed by atoms with E-state index in [-0.39, 0.29) is 23.3 Å². The second kappa shape index (κ2) is 6.45.